The fourth-order valence-electron chi connectivity index (χ4n) is 6.01. The van der Waals surface area contributed by atoms with Gasteiger partial charge in [0.05, 0.1) is 22.7 Å². The molecule has 0 aliphatic carbocycles. The molecular weight excluding hydrogens is 565 g/mol. The molecule has 0 bridgehead atoms. The number of hydrogen-bond donors (Lipinski definition) is 0. The zero-order valence-electron chi connectivity index (χ0n) is 25.3. The van der Waals surface area contributed by atoms with Crippen LogP contribution < -0.4 is 9.64 Å². The van der Waals surface area contributed by atoms with E-state index in [0.29, 0.717) is 12.4 Å². The SMILES string of the molecule is CCCCCCCOc1ccc(S(=O)(=O)c2cnc3ccc(SC)cc3c2N2CCN(CCN3CCCC3)CC2)cc1. The molecule has 42 heavy (non-hydrogen) atoms. The highest BCUT2D eigenvalue weighted by Gasteiger charge is 2.29. The summed E-state index contributed by atoms with van der Waals surface area (Å²) in [5.74, 6) is 0.705. The first-order valence-electron chi connectivity index (χ1n) is 15.6. The summed E-state index contributed by atoms with van der Waals surface area (Å²) in [6.45, 7) is 10.9. The zero-order valence-corrected chi connectivity index (χ0v) is 26.9. The Morgan fingerprint density at radius 1 is 0.857 bits per heavy atom. The number of anilines is 1. The van der Waals surface area contributed by atoms with Gasteiger partial charge in [-0.1, -0.05) is 32.6 Å². The molecule has 0 amide bonds. The molecule has 2 aliphatic rings. The van der Waals surface area contributed by atoms with Gasteiger partial charge in [0.25, 0.3) is 0 Å². The Morgan fingerprint density at radius 2 is 1.55 bits per heavy atom. The predicted octanol–water partition coefficient (Wildman–Crippen LogP) is 6.36. The number of aromatic nitrogens is 1. The van der Waals surface area contributed by atoms with E-state index in [0.717, 1.165) is 73.6 Å². The van der Waals surface area contributed by atoms with Crippen LogP contribution in [0.2, 0.25) is 0 Å². The van der Waals surface area contributed by atoms with Gasteiger partial charge < -0.3 is 14.5 Å². The van der Waals surface area contributed by atoms with Crippen LogP contribution in [0.1, 0.15) is 51.9 Å². The predicted molar refractivity (Wildman–Crippen MR) is 174 cm³/mol. The van der Waals surface area contributed by atoms with Crippen LogP contribution in [-0.2, 0) is 9.84 Å². The highest BCUT2D eigenvalue weighted by Crippen LogP contribution is 2.38. The van der Waals surface area contributed by atoms with Crippen LogP contribution >= 0.6 is 11.8 Å². The number of thioether (sulfide) groups is 1. The van der Waals surface area contributed by atoms with Crippen LogP contribution in [0.5, 0.6) is 5.75 Å². The van der Waals surface area contributed by atoms with E-state index < -0.39 is 9.84 Å². The van der Waals surface area contributed by atoms with Gasteiger partial charge in [0.2, 0.25) is 9.84 Å². The zero-order chi connectivity index (χ0) is 29.4. The number of sulfone groups is 1. The Bertz CT molecular complexity index is 1400. The fourth-order valence-corrected chi connectivity index (χ4v) is 7.88. The van der Waals surface area contributed by atoms with E-state index in [1.807, 2.05) is 12.3 Å². The van der Waals surface area contributed by atoms with Crippen LogP contribution in [0.25, 0.3) is 10.9 Å². The lowest BCUT2D eigenvalue weighted by Gasteiger charge is -2.38. The Hall–Kier alpha value is -2.33. The van der Waals surface area contributed by atoms with Crippen molar-refractivity contribution >= 4 is 38.2 Å². The second kappa shape index (κ2) is 14.9. The van der Waals surface area contributed by atoms with E-state index in [-0.39, 0.29) is 9.79 Å². The first-order chi connectivity index (χ1) is 20.5. The van der Waals surface area contributed by atoms with Crippen molar-refractivity contribution in [2.45, 2.75) is 66.6 Å². The first-order valence-corrected chi connectivity index (χ1v) is 18.3. The topological polar surface area (TPSA) is 66.0 Å². The van der Waals surface area contributed by atoms with Crippen molar-refractivity contribution < 1.29 is 13.2 Å². The van der Waals surface area contributed by atoms with Crippen LogP contribution in [-0.4, -0.2) is 88.4 Å². The second-order valence-electron chi connectivity index (χ2n) is 11.5. The Balaban J connectivity index is 1.36. The van der Waals surface area contributed by atoms with Crippen LogP contribution in [0, 0.1) is 0 Å². The number of likely N-dealkylation sites (tertiary alicyclic amines) is 1. The maximum atomic E-state index is 14.2. The molecule has 9 heteroatoms. The maximum absolute atomic E-state index is 14.2. The third-order valence-corrected chi connectivity index (χ3v) is 11.1. The van der Waals surface area contributed by atoms with Gasteiger partial charge in [-0.25, -0.2) is 8.42 Å². The minimum atomic E-state index is -3.80. The van der Waals surface area contributed by atoms with Crippen LogP contribution in [0.3, 0.4) is 0 Å². The summed E-state index contributed by atoms with van der Waals surface area (Å²) in [5.41, 5.74) is 1.60. The van der Waals surface area contributed by atoms with Crippen molar-refractivity contribution in [2.75, 3.05) is 70.1 Å². The molecule has 0 radical (unpaired) electrons. The third-order valence-electron chi connectivity index (χ3n) is 8.57. The number of benzene rings is 2. The molecule has 0 N–H and O–H groups in total. The van der Waals surface area contributed by atoms with Crippen molar-refractivity contribution in [3.8, 4) is 5.75 Å². The lowest BCUT2D eigenvalue weighted by atomic mass is 10.1. The van der Waals surface area contributed by atoms with E-state index in [4.69, 9.17) is 4.74 Å². The number of hydrogen-bond acceptors (Lipinski definition) is 8. The molecule has 0 atom stereocenters. The van der Waals surface area contributed by atoms with E-state index in [2.05, 4.69) is 38.7 Å². The van der Waals surface area contributed by atoms with Crippen LogP contribution in [0.4, 0.5) is 5.69 Å². The number of nitrogens with zero attached hydrogens (tertiary/aromatic N) is 4. The highest BCUT2D eigenvalue weighted by molar-refractivity contribution is 7.98. The number of unbranched alkanes of at least 4 members (excludes halogenated alkanes) is 4. The number of pyridine rings is 1. The summed E-state index contributed by atoms with van der Waals surface area (Å²) in [5, 5.41) is 0.900. The quantitative estimate of drug-likeness (QED) is 0.154. The van der Waals surface area contributed by atoms with Crippen molar-refractivity contribution in [2.24, 2.45) is 0 Å². The monoisotopic (exact) mass is 610 g/mol. The molecule has 2 aromatic carbocycles. The molecule has 5 rings (SSSR count). The number of rotatable bonds is 14. The Labute approximate surface area is 256 Å². The van der Waals surface area contributed by atoms with Crippen molar-refractivity contribution in [1.29, 1.82) is 0 Å². The normalized spacial score (nSPS) is 16.9. The minimum absolute atomic E-state index is 0.269. The van der Waals surface area contributed by atoms with Gasteiger partial charge in [-0.3, -0.25) is 9.88 Å². The molecule has 0 unspecified atom stereocenters. The van der Waals surface area contributed by atoms with E-state index in [9.17, 15) is 8.42 Å². The average Bonchev–Trinajstić information content (AvgIpc) is 3.55. The number of ether oxygens (including phenoxy) is 1. The molecule has 228 valence electrons. The summed E-state index contributed by atoms with van der Waals surface area (Å²) in [7, 11) is -3.80. The molecular formula is C33H46N4O3S2. The summed E-state index contributed by atoms with van der Waals surface area (Å²) in [6.07, 6.45) is 12.1. The standard InChI is InChI=1S/C33H46N4O3S2/c1-3-4-5-6-9-24-40-27-10-13-29(14-11-27)42(38,39)32-26-34-31-15-12-28(41-2)25-30(31)33(32)37-22-20-36(21-23-37)19-18-35-16-7-8-17-35/h10-15,25-26H,3-9,16-24H2,1-2H3. The molecule has 1 aromatic heterocycles. The Morgan fingerprint density at radius 3 is 2.24 bits per heavy atom. The molecule has 0 spiro atoms. The van der Waals surface area contributed by atoms with E-state index >= 15 is 0 Å². The van der Waals surface area contributed by atoms with Gasteiger partial charge in [-0.05, 0) is 81.1 Å². The number of fused-ring (bicyclic) bond motifs is 1. The van der Waals surface area contributed by atoms with Gasteiger partial charge >= 0.3 is 0 Å². The molecule has 7 nitrogen and oxygen atoms in total. The van der Waals surface area contributed by atoms with Gasteiger partial charge in [0, 0.05) is 55.7 Å². The molecule has 0 saturated carbocycles. The third kappa shape index (κ3) is 7.59. The summed E-state index contributed by atoms with van der Waals surface area (Å²) >= 11 is 1.66. The maximum Gasteiger partial charge on any atom is 0.210 e. The smallest absolute Gasteiger partial charge is 0.210 e. The molecule has 3 heterocycles. The lowest BCUT2D eigenvalue weighted by molar-refractivity contribution is 0.215. The molecule has 3 aromatic rings. The first kappa shape index (κ1) is 31.1. The van der Waals surface area contributed by atoms with Gasteiger partial charge in [0.15, 0.2) is 0 Å². The lowest BCUT2D eigenvalue weighted by Crippen LogP contribution is -2.48. The van der Waals surface area contributed by atoms with Gasteiger partial charge in [0.1, 0.15) is 10.6 Å². The van der Waals surface area contributed by atoms with Crippen molar-refractivity contribution in [3.05, 3.63) is 48.7 Å². The van der Waals surface area contributed by atoms with Crippen molar-refractivity contribution in [3.63, 3.8) is 0 Å². The number of piperazine rings is 1. The summed E-state index contributed by atoms with van der Waals surface area (Å²) < 4.78 is 34.2. The second-order valence-corrected chi connectivity index (χ2v) is 14.3. The van der Waals surface area contributed by atoms with Gasteiger partial charge in [-0.2, -0.15) is 0 Å². The highest BCUT2D eigenvalue weighted by atomic mass is 32.2. The summed E-state index contributed by atoms with van der Waals surface area (Å²) in [4.78, 5) is 13.6. The fraction of sp³-hybridized carbons (Fsp3) is 0.545. The van der Waals surface area contributed by atoms with E-state index in [1.165, 1.54) is 45.2 Å². The Kier molecular flexibility index (Phi) is 11.0. The molecule has 2 fully saturated rings. The average molecular weight is 611 g/mol. The van der Waals surface area contributed by atoms with E-state index in [1.54, 1.807) is 42.2 Å². The minimum Gasteiger partial charge on any atom is -0.494 e. The van der Waals surface area contributed by atoms with Crippen molar-refractivity contribution in [1.82, 2.24) is 14.8 Å². The summed E-state index contributed by atoms with van der Waals surface area (Å²) in [6, 6.07) is 13.0. The van der Waals surface area contributed by atoms with Crippen LogP contribution in [0.15, 0.2) is 63.3 Å². The molecule has 2 aliphatic heterocycles. The largest absolute Gasteiger partial charge is 0.494 e. The van der Waals surface area contributed by atoms with Gasteiger partial charge in [-0.15, -0.1) is 11.8 Å². The molecule has 2 saturated heterocycles.